The van der Waals surface area contributed by atoms with Crippen LogP contribution in [0.2, 0.25) is 10.0 Å². The van der Waals surface area contributed by atoms with E-state index in [1.54, 1.807) is 18.2 Å². The summed E-state index contributed by atoms with van der Waals surface area (Å²) < 4.78 is 5.52. The molecule has 2 aliphatic heterocycles. The third-order valence-electron chi connectivity index (χ3n) is 4.53. The van der Waals surface area contributed by atoms with Crippen molar-refractivity contribution in [3.63, 3.8) is 0 Å². The van der Waals surface area contributed by atoms with Gasteiger partial charge in [-0.1, -0.05) is 29.3 Å². The number of imide groups is 1. The average Bonchev–Trinajstić information content (AvgIpc) is 3.17. The van der Waals surface area contributed by atoms with E-state index < -0.39 is 0 Å². The molecule has 2 amide bonds. The quantitative estimate of drug-likeness (QED) is 0.689. The minimum atomic E-state index is -0.325. The second kappa shape index (κ2) is 7.99. The average molecular weight is 397 g/mol. The van der Waals surface area contributed by atoms with Crippen molar-refractivity contribution in [2.45, 2.75) is 32.8 Å². The van der Waals surface area contributed by atoms with Crippen molar-refractivity contribution in [2.24, 2.45) is 0 Å². The molecule has 3 rings (SSSR count). The molecule has 0 saturated carbocycles. The fourth-order valence-corrected chi connectivity index (χ4v) is 3.82. The van der Waals surface area contributed by atoms with E-state index in [9.17, 15) is 9.59 Å². The molecule has 1 saturated heterocycles. The van der Waals surface area contributed by atoms with E-state index in [4.69, 9.17) is 27.9 Å². The molecular weight excluding hydrogens is 375 g/mol. The second-order valence-electron chi connectivity index (χ2n) is 6.72. The Balaban J connectivity index is 1.97. The molecule has 2 aliphatic rings. The summed E-state index contributed by atoms with van der Waals surface area (Å²) >= 11 is 12.3. The van der Waals surface area contributed by atoms with Crippen LogP contribution in [0.1, 0.15) is 32.3 Å². The number of benzene rings is 1. The number of likely N-dealkylation sites (tertiary alicyclic amines) is 1. The highest BCUT2D eigenvalue weighted by molar-refractivity contribution is 6.41. The van der Waals surface area contributed by atoms with Gasteiger partial charge in [0, 0.05) is 23.7 Å². The Morgan fingerprint density at radius 3 is 2.42 bits per heavy atom. The molecular formula is C19H22Cl2N2O3. The molecule has 1 aromatic rings. The van der Waals surface area contributed by atoms with Crippen LogP contribution >= 0.6 is 23.2 Å². The Morgan fingerprint density at radius 1 is 1.12 bits per heavy atom. The number of halogens is 2. The van der Waals surface area contributed by atoms with Gasteiger partial charge in [0.15, 0.2) is 0 Å². The fourth-order valence-electron chi connectivity index (χ4n) is 3.32. The number of rotatable bonds is 6. The van der Waals surface area contributed by atoms with Gasteiger partial charge in [-0.3, -0.25) is 14.5 Å². The molecule has 26 heavy (non-hydrogen) atoms. The lowest BCUT2D eigenvalue weighted by molar-refractivity contribution is -0.138. The highest BCUT2D eigenvalue weighted by atomic mass is 35.5. The third kappa shape index (κ3) is 3.75. The summed E-state index contributed by atoms with van der Waals surface area (Å²) in [5, 5.41) is 0.853. The number of carbonyl (C=O) groups excluding carboxylic acids is 2. The zero-order chi connectivity index (χ0) is 18.8. The van der Waals surface area contributed by atoms with Crippen LogP contribution in [0.3, 0.4) is 0 Å². The normalized spacial score (nSPS) is 18.0. The maximum atomic E-state index is 13.1. The highest BCUT2D eigenvalue weighted by Crippen LogP contribution is 2.37. The van der Waals surface area contributed by atoms with Gasteiger partial charge in [-0.15, -0.1) is 0 Å². The fraction of sp³-hybridized carbons (Fsp3) is 0.474. The number of carbonyl (C=O) groups is 2. The predicted molar refractivity (Wildman–Crippen MR) is 102 cm³/mol. The lowest BCUT2D eigenvalue weighted by atomic mass is 10.0. The molecule has 1 fully saturated rings. The van der Waals surface area contributed by atoms with E-state index in [-0.39, 0.29) is 24.5 Å². The van der Waals surface area contributed by atoms with Crippen LogP contribution in [0, 0.1) is 0 Å². The maximum Gasteiger partial charge on any atom is 0.277 e. The Morgan fingerprint density at radius 2 is 1.81 bits per heavy atom. The monoisotopic (exact) mass is 396 g/mol. The molecule has 0 bridgehead atoms. The van der Waals surface area contributed by atoms with Crippen LogP contribution in [0.25, 0.3) is 5.57 Å². The van der Waals surface area contributed by atoms with E-state index in [2.05, 4.69) is 0 Å². The summed E-state index contributed by atoms with van der Waals surface area (Å²) in [6.45, 7) is 5.89. The molecule has 2 heterocycles. The standard InChI is InChI=1S/C19H22Cl2N2O3/c1-12(2)26-10-9-23-18(24)16(14-6-5-13(20)11-15(14)21)17(19(23)25)22-7-3-4-8-22/h5-6,11-12H,3-4,7-10H2,1-2H3. The van der Waals surface area contributed by atoms with Crippen molar-refractivity contribution in [3.8, 4) is 0 Å². The van der Waals surface area contributed by atoms with Crippen molar-refractivity contribution in [1.82, 2.24) is 9.80 Å². The zero-order valence-electron chi connectivity index (χ0n) is 14.9. The van der Waals surface area contributed by atoms with Gasteiger partial charge in [-0.05, 0) is 38.8 Å². The summed E-state index contributed by atoms with van der Waals surface area (Å²) in [5.74, 6) is -0.598. The molecule has 0 aromatic heterocycles. The van der Waals surface area contributed by atoms with Crippen LogP contribution in [0.5, 0.6) is 0 Å². The highest BCUT2D eigenvalue weighted by Gasteiger charge is 2.42. The van der Waals surface area contributed by atoms with Gasteiger partial charge in [0.2, 0.25) is 0 Å². The lowest BCUT2D eigenvalue weighted by Crippen LogP contribution is -2.37. The third-order valence-corrected chi connectivity index (χ3v) is 5.08. The molecule has 0 radical (unpaired) electrons. The topological polar surface area (TPSA) is 49.9 Å². The molecule has 0 N–H and O–H groups in total. The van der Waals surface area contributed by atoms with E-state index in [0.29, 0.717) is 33.5 Å². The number of hydrogen-bond acceptors (Lipinski definition) is 4. The zero-order valence-corrected chi connectivity index (χ0v) is 16.4. The summed E-state index contributed by atoms with van der Waals surface area (Å²) in [4.78, 5) is 29.3. The van der Waals surface area contributed by atoms with Crippen LogP contribution in [-0.2, 0) is 14.3 Å². The first-order valence-corrected chi connectivity index (χ1v) is 9.58. The second-order valence-corrected chi connectivity index (χ2v) is 7.57. The molecule has 1 aromatic carbocycles. The lowest BCUT2D eigenvalue weighted by Gasteiger charge is -2.20. The molecule has 140 valence electrons. The summed E-state index contributed by atoms with van der Waals surface area (Å²) in [6, 6.07) is 4.98. The number of nitrogens with zero attached hydrogens (tertiary/aromatic N) is 2. The van der Waals surface area contributed by atoms with Gasteiger partial charge < -0.3 is 9.64 Å². The Hall–Kier alpha value is -1.56. The van der Waals surface area contributed by atoms with Crippen LogP contribution in [-0.4, -0.2) is 54.0 Å². The Bertz CT molecular complexity index is 755. The van der Waals surface area contributed by atoms with Crippen molar-refractivity contribution in [2.75, 3.05) is 26.2 Å². The van der Waals surface area contributed by atoms with E-state index in [1.165, 1.54) is 4.90 Å². The SMILES string of the molecule is CC(C)OCCN1C(=O)C(c2ccc(Cl)cc2Cl)=C(N2CCCC2)C1=O. The summed E-state index contributed by atoms with van der Waals surface area (Å²) in [5.41, 5.74) is 1.35. The van der Waals surface area contributed by atoms with Crippen molar-refractivity contribution >= 4 is 40.6 Å². The molecule has 0 unspecified atom stereocenters. The van der Waals surface area contributed by atoms with Gasteiger partial charge >= 0.3 is 0 Å². The molecule has 0 atom stereocenters. The summed E-state index contributed by atoms with van der Waals surface area (Å²) in [6.07, 6.45) is 2.05. The van der Waals surface area contributed by atoms with E-state index in [0.717, 1.165) is 25.9 Å². The largest absolute Gasteiger partial charge is 0.377 e. The number of amides is 2. The Labute approximate surface area is 163 Å². The van der Waals surface area contributed by atoms with Gasteiger partial charge in [0.25, 0.3) is 11.8 Å². The van der Waals surface area contributed by atoms with E-state index in [1.807, 2.05) is 18.7 Å². The maximum absolute atomic E-state index is 13.1. The van der Waals surface area contributed by atoms with Crippen LogP contribution in [0.15, 0.2) is 23.9 Å². The molecule has 0 aliphatic carbocycles. The first-order valence-electron chi connectivity index (χ1n) is 8.82. The molecule has 0 spiro atoms. The number of ether oxygens (including phenoxy) is 1. The van der Waals surface area contributed by atoms with Crippen LogP contribution in [0.4, 0.5) is 0 Å². The first-order chi connectivity index (χ1) is 12.4. The van der Waals surface area contributed by atoms with Crippen molar-refractivity contribution in [3.05, 3.63) is 39.5 Å². The Kier molecular flexibility index (Phi) is 5.90. The molecule has 5 nitrogen and oxygen atoms in total. The van der Waals surface area contributed by atoms with Crippen LogP contribution < -0.4 is 0 Å². The van der Waals surface area contributed by atoms with Crippen molar-refractivity contribution in [1.29, 1.82) is 0 Å². The molecule has 7 heteroatoms. The minimum Gasteiger partial charge on any atom is -0.377 e. The number of hydrogen-bond donors (Lipinski definition) is 0. The van der Waals surface area contributed by atoms with Crippen molar-refractivity contribution < 1.29 is 14.3 Å². The predicted octanol–water partition coefficient (Wildman–Crippen LogP) is 3.59. The summed E-state index contributed by atoms with van der Waals surface area (Å²) in [7, 11) is 0. The smallest absolute Gasteiger partial charge is 0.277 e. The first kappa shape index (κ1) is 19.2. The van der Waals surface area contributed by atoms with Gasteiger partial charge in [0.1, 0.15) is 5.70 Å². The van der Waals surface area contributed by atoms with Gasteiger partial charge in [-0.2, -0.15) is 0 Å². The minimum absolute atomic E-state index is 0.0407. The van der Waals surface area contributed by atoms with E-state index >= 15 is 0 Å². The van der Waals surface area contributed by atoms with Gasteiger partial charge in [-0.25, -0.2) is 0 Å². The van der Waals surface area contributed by atoms with Gasteiger partial charge in [0.05, 0.1) is 29.9 Å².